The number of hydrogen-bond acceptors (Lipinski definition) is 9. The highest BCUT2D eigenvalue weighted by molar-refractivity contribution is 6.24. The van der Waals surface area contributed by atoms with Crippen LogP contribution in [0.4, 0.5) is 4.39 Å². The van der Waals surface area contributed by atoms with Crippen LogP contribution in [0.25, 0.3) is 16.9 Å². The number of aliphatic hydroxyl groups is 3. The van der Waals surface area contributed by atoms with Gasteiger partial charge in [-0.3, -0.25) is 24.2 Å². The van der Waals surface area contributed by atoms with E-state index in [1.54, 1.807) is 32.3 Å². The van der Waals surface area contributed by atoms with Crippen molar-refractivity contribution in [3.8, 4) is 16.9 Å². The summed E-state index contributed by atoms with van der Waals surface area (Å²) in [5.74, 6) is -7.05. The molecule has 6 rings (SSSR count). The van der Waals surface area contributed by atoms with Crippen LogP contribution in [0.2, 0.25) is 0 Å². The van der Waals surface area contributed by atoms with E-state index in [0.29, 0.717) is 23.6 Å². The van der Waals surface area contributed by atoms with Crippen LogP contribution in [0.5, 0.6) is 5.75 Å². The molecule has 2 aromatic rings. The Morgan fingerprint density at radius 1 is 1.09 bits per heavy atom. The van der Waals surface area contributed by atoms with E-state index >= 15 is 4.39 Å². The lowest BCUT2D eigenvalue weighted by atomic mass is 9.57. The predicted octanol–water partition coefficient (Wildman–Crippen LogP) is 3.00. The van der Waals surface area contributed by atoms with Gasteiger partial charge >= 0.3 is 0 Å². The molecular weight excluding hydrogens is 581 g/mol. The molecule has 6 N–H and O–H groups in total. The van der Waals surface area contributed by atoms with E-state index in [1.807, 2.05) is 0 Å². The Hall–Kier alpha value is -4.06. The van der Waals surface area contributed by atoms with Crippen molar-refractivity contribution in [3.05, 3.63) is 69.7 Å². The fourth-order valence-corrected chi connectivity index (χ4v) is 7.85. The van der Waals surface area contributed by atoms with Crippen molar-refractivity contribution in [2.75, 3.05) is 27.2 Å². The van der Waals surface area contributed by atoms with Crippen LogP contribution in [0.15, 0.2) is 47.2 Å². The van der Waals surface area contributed by atoms with Crippen LogP contribution in [0.1, 0.15) is 42.9 Å². The van der Waals surface area contributed by atoms with Gasteiger partial charge < -0.3 is 26.2 Å². The maximum atomic E-state index is 15.5. The van der Waals surface area contributed by atoms with Crippen LogP contribution in [0, 0.1) is 23.6 Å². The number of fused-ring (bicyclic) bond motifs is 3. The molecule has 1 aliphatic heterocycles. The largest absolute Gasteiger partial charge is 0.508 e. The van der Waals surface area contributed by atoms with Gasteiger partial charge in [-0.15, -0.1) is 0 Å². The van der Waals surface area contributed by atoms with Gasteiger partial charge in [0.2, 0.25) is 5.78 Å². The standard InChI is InChI=1S/C34H38FN3O7/c1-16-8-10-38(11-9-16)15-17-4-6-23(35)20(12-17)19-5-7-24(39)26-21(19)13-18-14-22-28(37(2)3)30(41)27(33(36)44)32(43)34(22,45)31(42)25(18)29(26)40/h4-7,12,16,18,22,28,39-40,43,45H,8-11,13-15H2,1-3H3,(H2,36,44)/t18-,22-,28-,34-/m0/s1. The van der Waals surface area contributed by atoms with E-state index < -0.39 is 63.9 Å². The second-order valence-electron chi connectivity index (χ2n) is 13.2. The fourth-order valence-electron chi connectivity index (χ4n) is 7.85. The molecule has 11 heteroatoms. The molecule has 1 heterocycles. The molecule has 0 unspecified atom stereocenters. The molecule has 4 aliphatic rings. The summed E-state index contributed by atoms with van der Waals surface area (Å²) < 4.78 is 15.5. The van der Waals surface area contributed by atoms with E-state index in [0.717, 1.165) is 31.5 Å². The minimum absolute atomic E-state index is 0.0449. The highest BCUT2D eigenvalue weighted by Crippen LogP contribution is 2.53. The van der Waals surface area contributed by atoms with E-state index in [1.165, 1.54) is 17.0 Å². The number of nitrogens with two attached hydrogens (primary N) is 1. The number of carbonyl (C=O) groups excluding carboxylic acids is 3. The summed E-state index contributed by atoms with van der Waals surface area (Å²) in [5.41, 5.74) is 3.55. The third-order valence-electron chi connectivity index (χ3n) is 10.2. The molecule has 4 atom stereocenters. The molecular formula is C34H38FN3O7. The zero-order chi connectivity index (χ0) is 32.5. The van der Waals surface area contributed by atoms with Crippen molar-refractivity contribution in [1.82, 2.24) is 9.80 Å². The number of ketones is 2. The average molecular weight is 620 g/mol. The smallest absolute Gasteiger partial charge is 0.255 e. The summed E-state index contributed by atoms with van der Waals surface area (Å²) in [6.07, 6.45) is 2.23. The molecule has 45 heavy (non-hydrogen) atoms. The number of amides is 1. The number of aromatic hydroxyl groups is 1. The topological polar surface area (TPSA) is 165 Å². The molecule has 0 bridgehead atoms. The van der Waals surface area contributed by atoms with Crippen molar-refractivity contribution < 1.29 is 39.2 Å². The maximum Gasteiger partial charge on any atom is 0.255 e. The molecule has 0 radical (unpaired) electrons. The SMILES string of the molecule is CC1CCN(Cc2ccc(F)c(-c3ccc(O)c4c3C[C@H]3C[C@H]5[C@H](N(C)C)C(=O)C(C(N)=O)=C(O)[C@@]5(O)C(=O)C3=C4O)c2)CC1. The van der Waals surface area contributed by atoms with Gasteiger partial charge in [0.1, 0.15) is 28.7 Å². The first kappa shape index (κ1) is 30.9. The van der Waals surface area contributed by atoms with Crippen molar-refractivity contribution in [2.24, 2.45) is 23.5 Å². The lowest BCUT2D eigenvalue weighted by molar-refractivity contribution is -0.153. The Labute approximate surface area is 260 Å². The molecule has 2 fully saturated rings. The molecule has 0 aromatic heterocycles. The second-order valence-corrected chi connectivity index (χ2v) is 13.2. The number of hydrogen-bond donors (Lipinski definition) is 5. The van der Waals surface area contributed by atoms with Gasteiger partial charge in [0.15, 0.2) is 11.4 Å². The molecule has 238 valence electrons. The number of phenolic OH excluding ortho intramolecular Hbond substituents is 1. The summed E-state index contributed by atoms with van der Waals surface area (Å²) in [5, 5.41) is 45.3. The van der Waals surface area contributed by atoms with E-state index in [9.17, 15) is 34.8 Å². The Bertz CT molecular complexity index is 1690. The van der Waals surface area contributed by atoms with Gasteiger partial charge in [0.05, 0.1) is 11.6 Å². The van der Waals surface area contributed by atoms with Crippen molar-refractivity contribution in [1.29, 1.82) is 0 Å². The van der Waals surface area contributed by atoms with Crippen LogP contribution in [-0.2, 0) is 27.3 Å². The number of Topliss-reactive ketones (excluding diaryl/α,β-unsaturated/α-hetero) is 2. The number of likely N-dealkylation sites (tertiary alicyclic amines) is 1. The molecule has 1 saturated carbocycles. The molecule has 10 nitrogen and oxygen atoms in total. The van der Waals surface area contributed by atoms with E-state index in [4.69, 9.17) is 5.73 Å². The van der Waals surface area contributed by atoms with Crippen LogP contribution < -0.4 is 5.73 Å². The number of piperidine rings is 1. The highest BCUT2D eigenvalue weighted by atomic mass is 19.1. The summed E-state index contributed by atoms with van der Waals surface area (Å²) >= 11 is 0. The summed E-state index contributed by atoms with van der Waals surface area (Å²) in [4.78, 5) is 43.4. The maximum absolute atomic E-state index is 15.5. The minimum atomic E-state index is -2.72. The van der Waals surface area contributed by atoms with Crippen molar-refractivity contribution in [3.63, 3.8) is 0 Å². The van der Waals surface area contributed by atoms with Gasteiger partial charge in [-0.1, -0.05) is 19.1 Å². The monoisotopic (exact) mass is 619 g/mol. The average Bonchev–Trinajstić information content (AvgIpc) is 2.97. The molecule has 1 amide bonds. The second kappa shape index (κ2) is 11.1. The van der Waals surface area contributed by atoms with E-state index in [2.05, 4.69) is 11.8 Å². The minimum Gasteiger partial charge on any atom is -0.508 e. The third-order valence-corrected chi connectivity index (χ3v) is 10.2. The zero-order valence-corrected chi connectivity index (χ0v) is 25.5. The summed E-state index contributed by atoms with van der Waals surface area (Å²) in [7, 11) is 3.09. The number of benzene rings is 2. The summed E-state index contributed by atoms with van der Waals surface area (Å²) in [6, 6.07) is 6.65. The Balaban J connectivity index is 1.46. The normalized spacial score (nSPS) is 27.5. The van der Waals surface area contributed by atoms with Crippen LogP contribution >= 0.6 is 0 Å². The number of halogens is 1. The predicted molar refractivity (Wildman–Crippen MR) is 163 cm³/mol. The Morgan fingerprint density at radius 2 is 1.78 bits per heavy atom. The number of carbonyl (C=O) groups is 3. The molecule has 3 aliphatic carbocycles. The number of likely N-dealkylation sites (N-methyl/N-ethyl adjacent to an activating group) is 1. The number of aliphatic hydroxyl groups excluding tert-OH is 2. The fraction of sp³-hybridized carbons (Fsp3) is 0.441. The van der Waals surface area contributed by atoms with Gasteiger partial charge in [0.25, 0.3) is 5.91 Å². The van der Waals surface area contributed by atoms with Gasteiger partial charge in [-0.25, -0.2) is 4.39 Å². The lowest BCUT2D eigenvalue weighted by Gasteiger charge is -2.50. The third kappa shape index (κ3) is 4.76. The number of phenols is 1. The first-order valence-electron chi connectivity index (χ1n) is 15.3. The molecule has 2 aromatic carbocycles. The van der Waals surface area contributed by atoms with Crippen LogP contribution in [-0.4, -0.2) is 86.5 Å². The molecule has 1 saturated heterocycles. The van der Waals surface area contributed by atoms with Crippen molar-refractivity contribution >= 4 is 23.2 Å². The summed E-state index contributed by atoms with van der Waals surface area (Å²) in [6.45, 7) is 4.79. The lowest BCUT2D eigenvalue weighted by Crippen LogP contribution is -2.65. The first-order chi connectivity index (χ1) is 21.2. The van der Waals surface area contributed by atoms with Gasteiger partial charge in [-0.2, -0.15) is 0 Å². The van der Waals surface area contributed by atoms with Gasteiger partial charge in [0, 0.05) is 23.6 Å². The Kier molecular flexibility index (Phi) is 7.62. The quantitative estimate of drug-likeness (QED) is 0.317. The number of rotatable bonds is 5. The number of nitrogens with zero attached hydrogens (tertiary/aromatic N) is 2. The zero-order valence-electron chi connectivity index (χ0n) is 25.5. The highest BCUT2D eigenvalue weighted by Gasteiger charge is 2.64. The van der Waals surface area contributed by atoms with Gasteiger partial charge in [-0.05, 0) is 99.6 Å². The first-order valence-corrected chi connectivity index (χ1v) is 15.3. The molecule has 0 spiro atoms. The van der Waals surface area contributed by atoms with E-state index in [-0.39, 0.29) is 35.3 Å². The van der Waals surface area contributed by atoms with Crippen LogP contribution in [0.3, 0.4) is 0 Å². The number of primary amides is 1. The van der Waals surface area contributed by atoms with Crippen molar-refractivity contribution in [2.45, 2.75) is 50.8 Å². The Morgan fingerprint density at radius 3 is 2.42 bits per heavy atom.